The highest BCUT2D eigenvalue weighted by Gasteiger charge is 2.31. The molecule has 150 valence electrons. The summed E-state index contributed by atoms with van der Waals surface area (Å²) in [6, 6.07) is 10.3. The van der Waals surface area contributed by atoms with Gasteiger partial charge in [0.05, 0.1) is 4.90 Å². The van der Waals surface area contributed by atoms with Gasteiger partial charge in [0.25, 0.3) is 5.91 Å². The number of piperidine rings is 1. The molecule has 2 aromatic rings. The number of carbonyl (C=O) groups excluding carboxylic acids is 1. The van der Waals surface area contributed by atoms with Gasteiger partial charge in [-0.3, -0.25) is 4.79 Å². The van der Waals surface area contributed by atoms with Crippen LogP contribution < -0.4 is 5.32 Å². The number of nitrogens with one attached hydrogen (secondary N) is 1. The maximum Gasteiger partial charge on any atom is 0.255 e. The van der Waals surface area contributed by atoms with Crippen LogP contribution in [0.3, 0.4) is 0 Å². The van der Waals surface area contributed by atoms with Gasteiger partial charge < -0.3 is 5.32 Å². The van der Waals surface area contributed by atoms with Crippen molar-refractivity contribution in [2.24, 2.45) is 11.8 Å². The van der Waals surface area contributed by atoms with Gasteiger partial charge in [-0.1, -0.05) is 19.9 Å². The molecule has 1 aliphatic rings. The van der Waals surface area contributed by atoms with Crippen molar-refractivity contribution in [3.05, 3.63) is 59.4 Å². The standard InChI is InChI=1S/C21H25FN2O3S/c1-14-10-15(2)13-24(12-14)28(26,27)19-8-5-17(6-9-19)21(25)23-18-7-4-16(3)20(22)11-18/h4-9,11,14-15H,10,12-13H2,1-3H3,(H,23,25)/t14-,15+. The minimum Gasteiger partial charge on any atom is -0.322 e. The first-order valence-electron chi connectivity index (χ1n) is 9.34. The van der Waals surface area contributed by atoms with E-state index < -0.39 is 21.7 Å². The van der Waals surface area contributed by atoms with Crippen molar-refractivity contribution in [2.75, 3.05) is 18.4 Å². The molecule has 0 radical (unpaired) electrons. The first kappa shape index (κ1) is 20.5. The molecular weight excluding hydrogens is 379 g/mol. The fourth-order valence-corrected chi connectivity index (χ4v) is 5.28. The third-order valence-electron chi connectivity index (χ3n) is 5.02. The predicted molar refractivity (Wildman–Crippen MR) is 107 cm³/mol. The van der Waals surface area contributed by atoms with E-state index in [4.69, 9.17) is 0 Å². The first-order valence-corrected chi connectivity index (χ1v) is 10.8. The molecule has 1 fully saturated rings. The number of halogens is 1. The molecule has 5 nitrogen and oxygen atoms in total. The van der Waals surface area contributed by atoms with Crippen LogP contribution in [0.1, 0.15) is 36.2 Å². The van der Waals surface area contributed by atoms with E-state index in [1.54, 1.807) is 19.1 Å². The van der Waals surface area contributed by atoms with Crippen LogP contribution in [0.15, 0.2) is 47.4 Å². The third kappa shape index (κ3) is 4.42. The van der Waals surface area contributed by atoms with Gasteiger partial charge in [-0.05, 0) is 67.1 Å². The van der Waals surface area contributed by atoms with Crippen molar-refractivity contribution in [3.63, 3.8) is 0 Å². The van der Waals surface area contributed by atoms with Gasteiger partial charge in [-0.2, -0.15) is 4.31 Å². The molecule has 1 heterocycles. The lowest BCUT2D eigenvalue weighted by atomic mass is 9.94. The second kappa shape index (κ2) is 8.01. The van der Waals surface area contributed by atoms with Gasteiger partial charge in [0.15, 0.2) is 0 Å². The van der Waals surface area contributed by atoms with Gasteiger partial charge in [0.2, 0.25) is 10.0 Å². The second-order valence-electron chi connectivity index (χ2n) is 7.71. The van der Waals surface area contributed by atoms with Crippen LogP contribution in [-0.2, 0) is 10.0 Å². The number of anilines is 1. The zero-order valence-corrected chi connectivity index (χ0v) is 17.1. The maximum absolute atomic E-state index is 13.6. The number of hydrogen-bond acceptors (Lipinski definition) is 3. The molecule has 1 N–H and O–H groups in total. The molecule has 1 amide bonds. The van der Waals surface area contributed by atoms with Crippen molar-refractivity contribution < 1.29 is 17.6 Å². The minimum atomic E-state index is -3.59. The van der Waals surface area contributed by atoms with E-state index in [2.05, 4.69) is 19.2 Å². The lowest BCUT2D eigenvalue weighted by molar-refractivity contribution is 0.102. The van der Waals surface area contributed by atoms with Crippen molar-refractivity contribution in [1.82, 2.24) is 4.31 Å². The summed E-state index contributed by atoms with van der Waals surface area (Å²) in [7, 11) is -3.59. The zero-order chi connectivity index (χ0) is 20.5. The molecule has 2 atom stereocenters. The average Bonchev–Trinajstić information content (AvgIpc) is 2.64. The topological polar surface area (TPSA) is 66.5 Å². The average molecular weight is 405 g/mol. The quantitative estimate of drug-likeness (QED) is 0.836. The lowest BCUT2D eigenvalue weighted by Gasteiger charge is -2.34. The largest absolute Gasteiger partial charge is 0.322 e. The van der Waals surface area contributed by atoms with Gasteiger partial charge >= 0.3 is 0 Å². The third-order valence-corrected chi connectivity index (χ3v) is 6.87. The zero-order valence-electron chi connectivity index (χ0n) is 16.3. The van der Waals surface area contributed by atoms with Gasteiger partial charge in [0.1, 0.15) is 5.82 Å². The van der Waals surface area contributed by atoms with E-state index >= 15 is 0 Å². The Balaban J connectivity index is 1.75. The maximum atomic E-state index is 13.6. The summed E-state index contributed by atoms with van der Waals surface area (Å²) in [6.07, 6.45) is 1.02. The molecule has 0 saturated carbocycles. The summed E-state index contributed by atoms with van der Waals surface area (Å²) < 4.78 is 41.0. The van der Waals surface area contributed by atoms with Crippen molar-refractivity contribution >= 4 is 21.6 Å². The first-order chi connectivity index (χ1) is 13.2. The van der Waals surface area contributed by atoms with Crippen LogP contribution in [0, 0.1) is 24.6 Å². The normalized spacial score (nSPS) is 20.7. The summed E-state index contributed by atoms with van der Waals surface area (Å²) in [5, 5.41) is 2.62. The Morgan fingerprint density at radius 2 is 1.68 bits per heavy atom. The van der Waals surface area contributed by atoms with Crippen LogP contribution >= 0.6 is 0 Å². The molecule has 1 aliphatic heterocycles. The number of aryl methyl sites for hydroxylation is 1. The number of carbonyl (C=O) groups is 1. The molecular formula is C21H25FN2O3S. The van der Waals surface area contributed by atoms with E-state index in [0.29, 0.717) is 41.7 Å². The molecule has 0 aliphatic carbocycles. The van der Waals surface area contributed by atoms with Crippen LogP contribution in [0.25, 0.3) is 0 Å². The van der Waals surface area contributed by atoms with Crippen molar-refractivity contribution in [1.29, 1.82) is 0 Å². The molecule has 0 bridgehead atoms. The fourth-order valence-electron chi connectivity index (χ4n) is 3.60. The van der Waals surface area contributed by atoms with E-state index in [-0.39, 0.29) is 4.90 Å². The smallest absolute Gasteiger partial charge is 0.255 e. The highest BCUT2D eigenvalue weighted by Crippen LogP contribution is 2.27. The van der Waals surface area contributed by atoms with Crippen molar-refractivity contribution in [3.8, 4) is 0 Å². The number of rotatable bonds is 4. The van der Waals surface area contributed by atoms with Gasteiger partial charge in [0, 0.05) is 24.3 Å². The molecule has 3 rings (SSSR count). The molecule has 28 heavy (non-hydrogen) atoms. The summed E-state index contributed by atoms with van der Waals surface area (Å²) in [5.74, 6) is -0.186. The van der Waals surface area contributed by atoms with Crippen molar-refractivity contribution in [2.45, 2.75) is 32.1 Å². The number of benzene rings is 2. The summed E-state index contributed by atoms with van der Waals surface area (Å²) in [6.45, 7) is 6.77. The van der Waals surface area contributed by atoms with Crippen LogP contribution in [0.5, 0.6) is 0 Å². The molecule has 0 unspecified atom stereocenters. The summed E-state index contributed by atoms with van der Waals surface area (Å²) in [4.78, 5) is 12.5. The highest BCUT2D eigenvalue weighted by atomic mass is 32.2. The van der Waals surface area contributed by atoms with Gasteiger partial charge in [-0.25, -0.2) is 12.8 Å². The Kier molecular flexibility index (Phi) is 5.86. The fraction of sp³-hybridized carbons (Fsp3) is 0.381. The molecule has 2 aromatic carbocycles. The lowest BCUT2D eigenvalue weighted by Crippen LogP contribution is -2.42. The van der Waals surface area contributed by atoms with E-state index in [1.165, 1.54) is 34.6 Å². The van der Waals surface area contributed by atoms with E-state index in [9.17, 15) is 17.6 Å². The summed E-state index contributed by atoms with van der Waals surface area (Å²) in [5.41, 5.74) is 1.15. The monoisotopic (exact) mass is 404 g/mol. The van der Waals surface area contributed by atoms with Gasteiger partial charge in [-0.15, -0.1) is 0 Å². The Morgan fingerprint density at radius 3 is 2.25 bits per heavy atom. The molecule has 0 spiro atoms. The highest BCUT2D eigenvalue weighted by molar-refractivity contribution is 7.89. The Morgan fingerprint density at radius 1 is 1.07 bits per heavy atom. The Labute approximate surface area is 165 Å². The minimum absolute atomic E-state index is 0.173. The second-order valence-corrected chi connectivity index (χ2v) is 9.65. The number of sulfonamides is 1. The summed E-state index contributed by atoms with van der Waals surface area (Å²) >= 11 is 0. The SMILES string of the molecule is Cc1ccc(NC(=O)c2ccc(S(=O)(=O)N3C[C@H](C)C[C@H](C)C3)cc2)cc1F. The Hall–Kier alpha value is -2.25. The van der Waals surface area contributed by atoms with Crippen LogP contribution in [0.2, 0.25) is 0 Å². The molecule has 1 saturated heterocycles. The number of nitrogens with zero attached hydrogens (tertiary/aromatic N) is 1. The Bertz CT molecular complexity index is 964. The molecule has 7 heteroatoms. The van der Waals surface area contributed by atoms with Crippen LogP contribution in [-0.4, -0.2) is 31.7 Å². The van der Waals surface area contributed by atoms with E-state index in [0.717, 1.165) is 6.42 Å². The number of amides is 1. The van der Waals surface area contributed by atoms with Crippen LogP contribution in [0.4, 0.5) is 10.1 Å². The number of hydrogen-bond donors (Lipinski definition) is 1. The molecule has 0 aromatic heterocycles. The predicted octanol–water partition coefficient (Wildman–Crippen LogP) is 4.05. The van der Waals surface area contributed by atoms with E-state index in [1.807, 2.05) is 0 Å².